The van der Waals surface area contributed by atoms with Crippen molar-refractivity contribution in [3.8, 4) is 0 Å². The van der Waals surface area contributed by atoms with E-state index in [-0.39, 0.29) is 5.97 Å². The molecule has 0 bridgehead atoms. The van der Waals surface area contributed by atoms with Crippen LogP contribution in [0.1, 0.15) is 60.5 Å². The topological polar surface area (TPSA) is 26.3 Å². The number of rotatable bonds is 8. The summed E-state index contributed by atoms with van der Waals surface area (Å²) in [4.78, 5) is 12.0. The van der Waals surface area contributed by atoms with E-state index in [1.807, 2.05) is 19.1 Å². The van der Waals surface area contributed by atoms with Gasteiger partial charge in [-0.1, -0.05) is 51.3 Å². The lowest BCUT2D eigenvalue weighted by Gasteiger charge is -2.07. The Kier molecular flexibility index (Phi) is 7.46. The van der Waals surface area contributed by atoms with Crippen molar-refractivity contribution in [3.05, 3.63) is 47.2 Å². The van der Waals surface area contributed by atoms with E-state index in [1.165, 1.54) is 19.3 Å². The summed E-state index contributed by atoms with van der Waals surface area (Å²) < 4.78 is 5.31. The van der Waals surface area contributed by atoms with E-state index in [2.05, 4.69) is 19.2 Å². The summed E-state index contributed by atoms with van der Waals surface area (Å²) in [7, 11) is 0. The average Bonchev–Trinajstić information content (AvgIpc) is 2.43. The molecule has 0 aliphatic carbocycles. The van der Waals surface area contributed by atoms with E-state index in [4.69, 9.17) is 4.74 Å². The molecular formula is C18H24O2. The zero-order valence-corrected chi connectivity index (χ0v) is 12.6. The Bertz CT molecular complexity index is 482. The molecule has 0 aliphatic heterocycles. The summed E-state index contributed by atoms with van der Waals surface area (Å²) in [5.41, 5.74) is 5.28. The second-order valence-electron chi connectivity index (χ2n) is 4.97. The Morgan fingerprint density at radius 2 is 2.05 bits per heavy atom. The zero-order chi connectivity index (χ0) is 14.8. The third-order valence-corrected chi connectivity index (χ3v) is 3.22. The minimum Gasteiger partial charge on any atom is -0.462 e. The fourth-order valence-corrected chi connectivity index (χ4v) is 2.07. The largest absolute Gasteiger partial charge is 0.462 e. The van der Waals surface area contributed by atoms with E-state index >= 15 is 0 Å². The van der Waals surface area contributed by atoms with Crippen molar-refractivity contribution in [1.82, 2.24) is 0 Å². The first-order valence-electron chi connectivity index (χ1n) is 7.32. The van der Waals surface area contributed by atoms with E-state index in [9.17, 15) is 4.79 Å². The second kappa shape index (κ2) is 9.17. The van der Waals surface area contributed by atoms with Gasteiger partial charge in [0.1, 0.15) is 0 Å². The highest BCUT2D eigenvalue weighted by Gasteiger charge is 2.10. The van der Waals surface area contributed by atoms with Crippen molar-refractivity contribution in [2.24, 2.45) is 0 Å². The number of ether oxygens (including phenoxy) is 1. The highest BCUT2D eigenvalue weighted by atomic mass is 16.5. The first-order valence-corrected chi connectivity index (χ1v) is 7.32. The molecule has 2 heteroatoms. The molecule has 0 aliphatic rings. The SMILES string of the molecule is C=C=Cc1ccc(C(=O)OCCCCCCC)c(C)c1. The number of esters is 1. The Morgan fingerprint density at radius 1 is 1.30 bits per heavy atom. The van der Waals surface area contributed by atoms with Crippen molar-refractivity contribution in [2.45, 2.75) is 46.0 Å². The van der Waals surface area contributed by atoms with Crippen LogP contribution in [0.2, 0.25) is 0 Å². The van der Waals surface area contributed by atoms with E-state index < -0.39 is 0 Å². The van der Waals surface area contributed by atoms with Crippen molar-refractivity contribution in [3.63, 3.8) is 0 Å². The summed E-state index contributed by atoms with van der Waals surface area (Å²) >= 11 is 0. The van der Waals surface area contributed by atoms with Gasteiger partial charge in [-0.3, -0.25) is 0 Å². The summed E-state index contributed by atoms with van der Waals surface area (Å²) in [6.45, 7) is 8.16. The molecule has 0 saturated carbocycles. The van der Waals surface area contributed by atoms with Crippen LogP contribution in [-0.4, -0.2) is 12.6 Å². The van der Waals surface area contributed by atoms with Gasteiger partial charge in [-0.15, -0.1) is 5.73 Å². The van der Waals surface area contributed by atoms with E-state index in [0.717, 1.165) is 24.0 Å². The van der Waals surface area contributed by atoms with Gasteiger partial charge in [0.15, 0.2) is 0 Å². The highest BCUT2D eigenvalue weighted by molar-refractivity contribution is 5.91. The monoisotopic (exact) mass is 272 g/mol. The number of carbonyl (C=O) groups excluding carboxylic acids is 1. The first-order chi connectivity index (χ1) is 9.69. The number of benzene rings is 1. The predicted molar refractivity (Wildman–Crippen MR) is 83.8 cm³/mol. The molecule has 0 amide bonds. The van der Waals surface area contributed by atoms with Crippen LogP contribution >= 0.6 is 0 Å². The van der Waals surface area contributed by atoms with Gasteiger partial charge in [0.2, 0.25) is 0 Å². The van der Waals surface area contributed by atoms with E-state index in [0.29, 0.717) is 12.2 Å². The molecule has 0 spiro atoms. The Hall–Kier alpha value is -1.79. The van der Waals surface area contributed by atoms with Crippen LogP contribution in [0.3, 0.4) is 0 Å². The molecule has 0 fully saturated rings. The molecule has 1 aromatic carbocycles. The standard InChI is InChI=1S/C18H24O2/c1-4-6-7-8-9-13-20-18(19)17-12-11-16(10-5-2)14-15(17)3/h10-12,14H,2,4,6-9,13H2,1,3H3. The van der Waals surface area contributed by atoms with Gasteiger partial charge < -0.3 is 4.74 Å². The lowest BCUT2D eigenvalue weighted by Crippen LogP contribution is -2.08. The maximum absolute atomic E-state index is 12.0. The van der Waals surface area contributed by atoms with Gasteiger partial charge >= 0.3 is 5.97 Å². The Balaban J connectivity index is 2.45. The lowest BCUT2D eigenvalue weighted by molar-refractivity contribution is 0.0497. The van der Waals surface area contributed by atoms with Gasteiger partial charge in [-0.05, 0) is 36.6 Å². The van der Waals surface area contributed by atoms with Gasteiger partial charge in [-0.2, -0.15) is 0 Å². The molecule has 0 atom stereocenters. The molecule has 0 aromatic heterocycles. The number of unbranched alkanes of at least 4 members (excludes halogenated alkanes) is 4. The summed E-state index contributed by atoms with van der Waals surface area (Å²) in [6, 6.07) is 5.62. The highest BCUT2D eigenvalue weighted by Crippen LogP contribution is 2.14. The second-order valence-corrected chi connectivity index (χ2v) is 4.97. The molecule has 0 saturated heterocycles. The molecule has 1 aromatic rings. The van der Waals surface area contributed by atoms with Crippen molar-refractivity contribution < 1.29 is 9.53 Å². The van der Waals surface area contributed by atoms with Crippen molar-refractivity contribution >= 4 is 12.0 Å². The van der Waals surface area contributed by atoms with Crippen LogP contribution in [0.4, 0.5) is 0 Å². The van der Waals surface area contributed by atoms with Crippen LogP contribution < -0.4 is 0 Å². The normalized spacial score (nSPS) is 9.90. The minimum atomic E-state index is -0.230. The fraction of sp³-hybridized carbons (Fsp3) is 0.444. The number of hydrogen-bond acceptors (Lipinski definition) is 2. The maximum Gasteiger partial charge on any atom is 0.338 e. The third kappa shape index (κ3) is 5.46. The first kappa shape index (κ1) is 16.3. The quantitative estimate of drug-likeness (QED) is 0.381. The maximum atomic E-state index is 12.0. The summed E-state index contributed by atoms with van der Waals surface area (Å²) in [5, 5.41) is 0. The molecule has 2 nitrogen and oxygen atoms in total. The van der Waals surface area contributed by atoms with Gasteiger partial charge in [0.25, 0.3) is 0 Å². The molecule has 0 unspecified atom stereocenters. The number of aryl methyl sites for hydroxylation is 1. The number of hydrogen-bond donors (Lipinski definition) is 0. The molecule has 0 radical (unpaired) electrons. The molecule has 108 valence electrons. The molecule has 0 N–H and O–H groups in total. The minimum absolute atomic E-state index is 0.230. The van der Waals surface area contributed by atoms with Crippen LogP contribution in [-0.2, 0) is 4.74 Å². The Morgan fingerprint density at radius 3 is 2.70 bits per heavy atom. The van der Waals surface area contributed by atoms with Crippen molar-refractivity contribution in [1.29, 1.82) is 0 Å². The van der Waals surface area contributed by atoms with Crippen LogP contribution in [0, 0.1) is 6.92 Å². The third-order valence-electron chi connectivity index (χ3n) is 3.22. The van der Waals surface area contributed by atoms with E-state index in [1.54, 1.807) is 12.1 Å². The van der Waals surface area contributed by atoms with Gasteiger partial charge in [0, 0.05) is 0 Å². The molecule has 1 rings (SSSR count). The average molecular weight is 272 g/mol. The van der Waals surface area contributed by atoms with Gasteiger partial charge in [-0.25, -0.2) is 4.79 Å². The zero-order valence-electron chi connectivity index (χ0n) is 12.6. The summed E-state index contributed by atoms with van der Waals surface area (Å²) in [6.07, 6.45) is 7.56. The molecule has 20 heavy (non-hydrogen) atoms. The Labute approximate surface area is 122 Å². The predicted octanol–water partition coefficient (Wildman–Crippen LogP) is 4.92. The van der Waals surface area contributed by atoms with Crippen LogP contribution in [0.15, 0.2) is 30.5 Å². The molecular weight excluding hydrogens is 248 g/mol. The van der Waals surface area contributed by atoms with Crippen molar-refractivity contribution in [2.75, 3.05) is 6.61 Å². The molecule has 0 heterocycles. The lowest BCUT2D eigenvalue weighted by atomic mass is 10.1. The smallest absolute Gasteiger partial charge is 0.338 e. The fourth-order valence-electron chi connectivity index (χ4n) is 2.07. The summed E-state index contributed by atoms with van der Waals surface area (Å²) in [5.74, 6) is -0.230. The van der Waals surface area contributed by atoms with Crippen LogP contribution in [0.25, 0.3) is 6.08 Å². The van der Waals surface area contributed by atoms with Crippen LogP contribution in [0.5, 0.6) is 0 Å². The number of carbonyl (C=O) groups is 1. The van der Waals surface area contributed by atoms with Gasteiger partial charge in [0.05, 0.1) is 12.2 Å².